The van der Waals surface area contributed by atoms with Crippen molar-refractivity contribution in [1.29, 1.82) is 0 Å². The highest BCUT2D eigenvalue weighted by atomic mass is 32.2. The lowest BCUT2D eigenvalue weighted by molar-refractivity contribution is -0.117. The van der Waals surface area contributed by atoms with E-state index in [4.69, 9.17) is 4.42 Å². The third-order valence-electron chi connectivity index (χ3n) is 3.85. The van der Waals surface area contributed by atoms with Crippen molar-refractivity contribution in [3.8, 4) is 0 Å². The highest BCUT2D eigenvalue weighted by Crippen LogP contribution is 2.22. The first-order chi connectivity index (χ1) is 11.7. The van der Waals surface area contributed by atoms with Crippen molar-refractivity contribution in [2.45, 2.75) is 18.6 Å². The molecule has 0 unspecified atom stereocenters. The number of hydrogen-bond acceptors (Lipinski definition) is 4. The summed E-state index contributed by atoms with van der Waals surface area (Å²) in [5, 5.41) is 2.91. The molecular formula is C18H20N2O3S. The maximum Gasteiger partial charge on any atom is 0.251 e. The monoisotopic (exact) mass is 344 g/mol. The Morgan fingerprint density at radius 3 is 2.96 bits per heavy atom. The van der Waals surface area contributed by atoms with Gasteiger partial charge in [0.2, 0.25) is 5.91 Å². The third kappa shape index (κ3) is 4.20. The topological polar surface area (TPSA) is 62.6 Å². The first-order valence-corrected chi connectivity index (χ1v) is 9.18. The van der Waals surface area contributed by atoms with E-state index >= 15 is 0 Å². The Morgan fingerprint density at radius 2 is 2.21 bits per heavy atom. The van der Waals surface area contributed by atoms with Gasteiger partial charge in [0.1, 0.15) is 5.76 Å². The number of amides is 2. The molecule has 126 valence electrons. The fourth-order valence-electron chi connectivity index (χ4n) is 2.64. The Hall–Kier alpha value is -2.21. The zero-order valence-electron chi connectivity index (χ0n) is 13.4. The minimum absolute atomic E-state index is 0.109. The fourth-order valence-corrected chi connectivity index (χ4v) is 3.40. The lowest BCUT2D eigenvalue weighted by atomic mass is 10.1. The van der Waals surface area contributed by atoms with E-state index in [1.807, 2.05) is 24.3 Å². The van der Waals surface area contributed by atoms with Crippen LogP contribution in [-0.4, -0.2) is 30.7 Å². The van der Waals surface area contributed by atoms with Gasteiger partial charge in [-0.2, -0.15) is 11.8 Å². The molecule has 1 N–H and O–H groups in total. The van der Waals surface area contributed by atoms with Crippen molar-refractivity contribution < 1.29 is 14.0 Å². The summed E-state index contributed by atoms with van der Waals surface area (Å²) in [6, 6.07) is 11.1. The summed E-state index contributed by atoms with van der Waals surface area (Å²) in [6.45, 7) is 1.32. The highest BCUT2D eigenvalue weighted by Gasteiger charge is 2.22. The third-order valence-corrected chi connectivity index (χ3v) is 4.83. The van der Waals surface area contributed by atoms with E-state index in [0.717, 1.165) is 35.9 Å². The quantitative estimate of drug-likeness (QED) is 0.784. The van der Waals surface area contributed by atoms with Gasteiger partial charge in [-0.05, 0) is 36.8 Å². The van der Waals surface area contributed by atoms with E-state index in [9.17, 15) is 9.59 Å². The molecule has 1 aromatic carbocycles. The van der Waals surface area contributed by atoms with Gasteiger partial charge in [0, 0.05) is 36.5 Å². The van der Waals surface area contributed by atoms with Crippen LogP contribution in [0.2, 0.25) is 0 Å². The number of rotatable bonds is 7. The van der Waals surface area contributed by atoms with Crippen LogP contribution in [0.4, 0.5) is 5.69 Å². The van der Waals surface area contributed by atoms with Gasteiger partial charge in [0.05, 0.1) is 12.0 Å². The molecule has 2 amide bonds. The molecule has 1 saturated heterocycles. The Kier molecular flexibility index (Phi) is 5.59. The minimum atomic E-state index is -0.109. The van der Waals surface area contributed by atoms with Gasteiger partial charge in [0.15, 0.2) is 0 Å². The maximum absolute atomic E-state index is 12.2. The van der Waals surface area contributed by atoms with Crippen molar-refractivity contribution in [2.75, 3.05) is 23.7 Å². The number of furan rings is 1. The predicted octanol–water partition coefficient (Wildman–Crippen LogP) is 3.07. The second kappa shape index (κ2) is 8.06. The van der Waals surface area contributed by atoms with Crippen LogP contribution in [-0.2, 0) is 10.5 Å². The van der Waals surface area contributed by atoms with E-state index in [1.165, 1.54) is 0 Å². The Labute approximate surface area is 145 Å². The van der Waals surface area contributed by atoms with Gasteiger partial charge in [-0.3, -0.25) is 9.59 Å². The molecule has 0 atom stereocenters. The molecule has 1 aromatic heterocycles. The number of carbonyl (C=O) groups is 2. The zero-order valence-corrected chi connectivity index (χ0v) is 14.2. The molecule has 0 aliphatic carbocycles. The molecule has 0 bridgehead atoms. The van der Waals surface area contributed by atoms with Crippen LogP contribution in [0.1, 0.15) is 29.0 Å². The van der Waals surface area contributed by atoms with Crippen molar-refractivity contribution in [1.82, 2.24) is 5.32 Å². The molecule has 2 heterocycles. The van der Waals surface area contributed by atoms with Gasteiger partial charge >= 0.3 is 0 Å². The van der Waals surface area contributed by atoms with Crippen molar-refractivity contribution in [3.63, 3.8) is 0 Å². The summed E-state index contributed by atoms with van der Waals surface area (Å²) in [5.41, 5.74) is 1.39. The minimum Gasteiger partial charge on any atom is -0.468 e. The van der Waals surface area contributed by atoms with Gasteiger partial charge < -0.3 is 14.6 Å². The van der Waals surface area contributed by atoms with Crippen LogP contribution in [0.5, 0.6) is 0 Å². The molecule has 24 heavy (non-hydrogen) atoms. The molecule has 0 spiro atoms. The van der Waals surface area contributed by atoms with Crippen molar-refractivity contribution >= 4 is 29.3 Å². The predicted molar refractivity (Wildman–Crippen MR) is 95.2 cm³/mol. The first kappa shape index (κ1) is 16.6. The van der Waals surface area contributed by atoms with Gasteiger partial charge in [-0.1, -0.05) is 6.07 Å². The van der Waals surface area contributed by atoms with E-state index in [-0.39, 0.29) is 11.8 Å². The van der Waals surface area contributed by atoms with E-state index in [0.29, 0.717) is 18.5 Å². The summed E-state index contributed by atoms with van der Waals surface area (Å²) in [4.78, 5) is 25.8. The van der Waals surface area contributed by atoms with Crippen LogP contribution < -0.4 is 10.2 Å². The Morgan fingerprint density at radius 1 is 1.29 bits per heavy atom. The van der Waals surface area contributed by atoms with E-state index in [1.54, 1.807) is 35.1 Å². The maximum atomic E-state index is 12.2. The molecule has 5 nitrogen and oxygen atoms in total. The van der Waals surface area contributed by atoms with Crippen molar-refractivity contribution in [3.05, 3.63) is 54.0 Å². The van der Waals surface area contributed by atoms with Crippen LogP contribution in [0.3, 0.4) is 0 Å². The Balaban J connectivity index is 1.47. The molecule has 2 aromatic rings. The van der Waals surface area contributed by atoms with Crippen LogP contribution in [0.25, 0.3) is 0 Å². The molecular weight excluding hydrogens is 324 g/mol. The number of hydrogen-bond donors (Lipinski definition) is 1. The summed E-state index contributed by atoms with van der Waals surface area (Å²) >= 11 is 1.71. The molecule has 0 radical (unpaired) electrons. The smallest absolute Gasteiger partial charge is 0.251 e. The fraction of sp³-hybridized carbons (Fsp3) is 0.333. The average Bonchev–Trinajstić information content (AvgIpc) is 3.26. The number of nitrogens with zero attached hydrogens (tertiary/aromatic N) is 1. The summed E-state index contributed by atoms with van der Waals surface area (Å²) in [5.74, 6) is 2.57. The van der Waals surface area contributed by atoms with Gasteiger partial charge in [-0.15, -0.1) is 0 Å². The van der Waals surface area contributed by atoms with Crippen LogP contribution >= 0.6 is 11.8 Å². The van der Waals surface area contributed by atoms with E-state index in [2.05, 4.69) is 5.32 Å². The largest absolute Gasteiger partial charge is 0.468 e. The average molecular weight is 344 g/mol. The van der Waals surface area contributed by atoms with Crippen LogP contribution in [0.15, 0.2) is 47.1 Å². The molecule has 1 aliphatic heterocycles. The number of nitrogens with one attached hydrogen (secondary N) is 1. The van der Waals surface area contributed by atoms with Crippen LogP contribution in [0, 0.1) is 0 Å². The number of benzene rings is 1. The number of carbonyl (C=O) groups excluding carboxylic acids is 2. The Bertz CT molecular complexity index is 700. The SMILES string of the molecule is O=C(NCCSCc1ccco1)c1cccc(N2CCCC2=O)c1. The molecule has 1 fully saturated rings. The van der Waals surface area contributed by atoms with E-state index < -0.39 is 0 Å². The normalized spacial score (nSPS) is 14.2. The molecule has 0 saturated carbocycles. The standard InChI is InChI=1S/C18H20N2O3S/c21-17-7-2-9-20(17)15-5-1-4-14(12-15)18(22)19-8-11-24-13-16-6-3-10-23-16/h1,3-6,10,12H,2,7-9,11,13H2,(H,19,22). The molecule has 1 aliphatic rings. The molecule has 3 rings (SSSR count). The summed E-state index contributed by atoms with van der Waals surface area (Å²) < 4.78 is 5.26. The number of anilines is 1. The second-order valence-electron chi connectivity index (χ2n) is 5.59. The highest BCUT2D eigenvalue weighted by molar-refractivity contribution is 7.98. The number of thioether (sulfide) groups is 1. The van der Waals surface area contributed by atoms with Gasteiger partial charge in [0.25, 0.3) is 5.91 Å². The molecule has 6 heteroatoms. The van der Waals surface area contributed by atoms with Crippen molar-refractivity contribution in [2.24, 2.45) is 0 Å². The summed E-state index contributed by atoms with van der Waals surface area (Å²) in [6.07, 6.45) is 3.13. The van der Waals surface area contributed by atoms with Gasteiger partial charge in [-0.25, -0.2) is 0 Å². The second-order valence-corrected chi connectivity index (χ2v) is 6.69. The first-order valence-electron chi connectivity index (χ1n) is 8.03. The lowest BCUT2D eigenvalue weighted by Gasteiger charge is -2.16. The zero-order chi connectivity index (χ0) is 16.8. The summed E-state index contributed by atoms with van der Waals surface area (Å²) in [7, 11) is 0. The lowest BCUT2D eigenvalue weighted by Crippen LogP contribution is -2.27.